The summed E-state index contributed by atoms with van der Waals surface area (Å²) in [6.45, 7) is 4.47. The Labute approximate surface area is 114 Å². The van der Waals surface area contributed by atoms with Crippen molar-refractivity contribution in [1.82, 2.24) is 5.32 Å². The Morgan fingerprint density at radius 1 is 1.06 bits per heavy atom. The molecule has 1 N–H and O–H groups in total. The van der Waals surface area contributed by atoms with Crippen molar-refractivity contribution in [3.8, 4) is 0 Å². The standard InChI is InChI=1S/C16H17NS/c1-2-17-12-15-11-16(18)9-8-14(15)10-13-6-4-3-5-7-13/h2-9,11,17-18H,1,10,12H2. The first-order valence-electron chi connectivity index (χ1n) is 5.98. The molecule has 0 aromatic heterocycles. The maximum absolute atomic E-state index is 4.40. The van der Waals surface area contributed by atoms with Crippen LogP contribution in [0.25, 0.3) is 0 Å². The minimum absolute atomic E-state index is 0.792. The van der Waals surface area contributed by atoms with Gasteiger partial charge in [0.2, 0.25) is 0 Å². The topological polar surface area (TPSA) is 12.0 Å². The fraction of sp³-hybridized carbons (Fsp3) is 0.125. The number of thiol groups is 1. The lowest BCUT2D eigenvalue weighted by Crippen LogP contribution is -2.07. The normalized spacial score (nSPS) is 10.1. The van der Waals surface area contributed by atoms with Crippen molar-refractivity contribution in [1.29, 1.82) is 0 Å². The smallest absolute Gasteiger partial charge is 0.0398 e. The van der Waals surface area contributed by atoms with Gasteiger partial charge < -0.3 is 5.32 Å². The molecule has 0 bridgehead atoms. The van der Waals surface area contributed by atoms with E-state index in [2.05, 4.69) is 60.9 Å². The number of hydrogen-bond donors (Lipinski definition) is 2. The molecule has 0 spiro atoms. The zero-order valence-electron chi connectivity index (χ0n) is 10.3. The van der Waals surface area contributed by atoms with Crippen molar-refractivity contribution in [2.45, 2.75) is 17.9 Å². The van der Waals surface area contributed by atoms with E-state index in [9.17, 15) is 0 Å². The summed E-state index contributed by atoms with van der Waals surface area (Å²) in [6, 6.07) is 16.8. The summed E-state index contributed by atoms with van der Waals surface area (Å²) in [6.07, 6.45) is 2.67. The van der Waals surface area contributed by atoms with Gasteiger partial charge in [-0.15, -0.1) is 12.6 Å². The second-order valence-corrected chi connectivity index (χ2v) is 4.72. The molecule has 0 saturated heterocycles. The average molecular weight is 255 g/mol. The van der Waals surface area contributed by atoms with E-state index in [4.69, 9.17) is 0 Å². The summed E-state index contributed by atoms with van der Waals surface area (Å²) in [5.41, 5.74) is 3.92. The van der Waals surface area contributed by atoms with Gasteiger partial charge in [0.25, 0.3) is 0 Å². The maximum Gasteiger partial charge on any atom is 0.0398 e. The highest BCUT2D eigenvalue weighted by molar-refractivity contribution is 7.80. The van der Waals surface area contributed by atoms with Crippen LogP contribution in [-0.4, -0.2) is 0 Å². The monoisotopic (exact) mass is 255 g/mol. The Morgan fingerprint density at radius 2 is 1.83 bits per heavy atom. The Bertz CT molecular complexity index is 520. The highest BCUT2D eigenvalue weighted by Gasteiger charge is 2.03. The quantitative estimate of drug-likeness (QED) is 0.774. The highest BCUT2D eigenvalue weighted by Crippen LogP contribution is 2.18. The minimum atomic E-state index is 0.792. The molecule has 0 radical (unpaired) electrons. The zero-order valence-corrected chi connectivity index (χ0v) is 11.2. The molecule has 18 heavy (non-hydrogen) atoms. The van der Waals surface area contributed by atoms with Crippen LogP contribution >= 0.6 is 12.6 Å². The molecule has 0 heterocycles. The van der Waals surface area contributed by atoms with Gasteiger partial charge in [0.15, 0.2) is 0 Å². The molecule has 0 aliphatic carbocycles. The summed E-state index contributed by atoms with van der Waals surface area (Å²) in [4.78, 5) is 0.993. The van der Waals surface area contributed by atoms with Crippen LogP contribution in [0.15, 0.2) is 66.2 Å². The summed E-state index contributed by atoms with van der Waals surface area (Å²) >= 11 is 4.40. The second-order valence-electron chi connectivity index (χ2n) is 4.20. The largest absolute Gasteiger partial charge is 0.387 e. The van der Waals surface area contributed by atoms with Gasteiger partial charge >= 0.3 is 0 Å². The summed E-state index contributed by atoms with van der Waals surface area (Å²) in [5, 5.41) is 3.15. The first-order chi connectivity index (χ1) is 8.79. The van der Waals surface area contributed by atoms with E-state index in [0.717, 1.165) is 17.9 Å². The van der Waals surface area contributed by atoms with E-state index in [1.54, 1.807) is 6.20 Å². The Kier molecular flexibility index (Phi) is 4.48. The highest BCUT2D eigenvalue weighted by atomic mass is 32.1. The van der Waals surface area contributed by atoms with Crippen molar-refractivity contribution >= 4 is 12.6 Å². The van der Waals surface area contributed by atoms with Gasteiger partial charge in [-0.05, 0) is 41.4 Å². The molecule has 2 aromatic carbocycles. The van der Waals surface area contributed by atoms with Gasteiger partial charge in [0.1, 0.15) is 0 Å². The molecule has 0 fully saturated rings. The summed E-state index contributed by atoms with van der Waals surface area (Å²) in [7, 11) is 0. The minimum Gasteiger partial charge on any atom is -0.387 e. The van der Waals surface area contributed by atoms with E-state index in [-0.39, 0.29) is 0 Å². The first-order valence-corrected chi connectivity index (χ1v) is 6.43. The van der Waals surface area contributed by atoms with Crippen LogP contribution in [0, 0.1) is 0 Å². The molecular weight excluding hydrogens is 238 g/mol. The molecule has 0 aliphatic rings. The molecule has 0 atom stereocenters. The van der Waals surface area contributed by atoms with Crippen LogP contribution in [-0.2, 0) is 13.0 Å². The van der Waals surface area contributed by atoms with Crippen LogP contribution in [0.2, 0.25) is 0 Å². The molecule has 0 unspecified atom stereocenters. The van der Waals surface area contributed by atoms with Crippen LogP contribution < -0.4 is 5.32 Å². The van der Waals surface area contributed by atoms with Gasteiger partial charge in [-0.2, -0.15) is 0 Å². The van der Waals surface area contributed by atoms with Gasteiger partial charge in [0.05, 0.1) is 0 Å². The molecule has 2 rings (SSSR count). The van der Waals surface area contributed by atoms with E-state index >= 15 is 0 Å². The lowest BCUT2D eigenvalue weighted by molar-refractivity contribution is 0.854. The first kappa shape index (κ1) is 12.8. The molecule has 0 aliphatic heterocycles. The molecule has 92 valence electrons. The van der Waals surface area contributed by atoms with E-state index in [1.807, 2.05) is 12.1 Å². The van der Waals surface area contributed by atoms with Gasteiger partial charge in [0, 0.05) is 11.4 Å². The summed E-state index contributed by atoms with van der Waals surface area (Å²) < 4.78 is 0. The number of nitrogens with one attached hydrogen (secondary N) is 1. The fourth-order valence-corrected chi connectivity index (χ4v) is 2.18. The van der Waals surface area contributed by atoms with Gasteiger partial charge in [-0.3, -0.25) is 0 Å². The SMILES string of the molecule is C=CNCc1cc(S)ccc1Cc1ccccc1. The van der Waals surface area contributed by atoms with Crippen molar-refractivity contribution in [2.75, 3.05) is 0 Å². The lowest BCUT2D eigenvalue weighted by atomic mass is 10.00. The number of benzene rings is 2. The van der Waals surface area contributed by atoms with Crippen molar-refractivity contribution < 1.29 is 0 Å². The van der Waals surface area contributed by atoms with Crippen molar-refractivity contribution in [2.24, 2.45) is 0 Å². The molecule has 1 nitrogen and oxygen atoms in total. The van der Waals surface area contributed by atoms with E-state index < -0.39 is 0 Å². The average Bonchev–Trinajstić information content (AvgIpc) is 2.40. The second kappa shape index (κ2) is 6.31. The predicted octanol–water partition coefficient (Wildman–Crippen LogP) is 3.80. The lowest BCUT2D eigenvalue weighted by Gasteiger charge is -2.10. The molecule has 0 saturated carbocycles. The van der Waals surface area contributed by atoms with Crippen LogP contribution in [0.1, 0.15) is 16.7 Å². The molecular formula is C16H17NS. The maximum atomic E-state index is 4.40. The van der Waals surface area contributed by atoms with Crippen LogP contribution in [0.3, 0.4) is 0 Å². The predicted molar refractivity (Wildman–Crippen MR) is 80.0 cm³/mol. The van der Waals surface area contributed by atoms with Crippen LogP contribution in [0.5, 0.6) is 0 Å². The number of hydrogen-bond acceptors (Lipinski definition) is 2. The van der Waals surface area contributed by atoms with Crippen molar-refractivity contribution in [3.05, 3.63) is 78.0 Å². The van der Waals surface area contributed by atoms with E-state index in [1.165, 1.54) is 16.7 Å². The third-order valence-electron chi connectivity index (χ3n) is 2.86. The Hall–Kier alpha value is -1.67. The van der Waals surface area contributed by atoms with Gasteiger partial charge in [-0.1, -0.05) is 43.0 Å². The fourth-order valence-electron chi connectivity index (χ4n) is 1.95. The number of rotatable bonds is 5. The van der Waals surface area contributed by atoms with Crippen molar-refractivity contribution in [3.63, 3.8) is 0 Å². The Morgan fingerprint density at radius 3 is 2.56 bits per heavy atom. The molecule has 0 amide bonds. The third kappa shape index (κ3) is 3.41. The van der Waals surface area contributed by atoms with Gasteiger partial charge in [-0.25, -0.2) is 0 Å². The Balaban J connectivity index is 2.23. The molecule has 2 aromatic rings. The third-order valence-corrected chi connectivity index (χ3v) is 3.14. The summed E-state index contributed by atoms with van der Waals surface area (Å²) in [5.74, 6) is 0. The zero-order chi connectivity index (χ0) is 12.8. The molecule has 2 heteroatoms. The van der Waals surface area contributed by atoms with E-state index in [0.29, 0.717) is 0 Å². The van der Waals surface area contributed by atoms with Crippen LogP contribution in [0.4, 0.5) is 0 Å².